The lowest BCUT2D eigenvalue weighted by atomic mass is 10.2. The minimum atomic E-state index is -0.638. The highest BCUT2D eigenvalue weighted by Gasteiger charge is 2.27. The van der Waals surface area contributed by atoms with Gasteiger partial charge in [-0.05, 0) is 25.5 Å². The third kappa shape index (κ3) is 3.87. The normalized spacial score (nSPS) is 17.7. The van der Waals surface area contributed by atoms with Gasteiger partial charge in [0.25, 0.3) is 5.91 Å². The van der Waals surface area contributed by atoms with E-state index in [2.05, 4.69) is 16.0 Å². The molecule has 0 saturated carbocycles. The third-order valence-corrected chi connectivity index (χ3v) is 3.23. The molecule has 2 atom stereocenters. The maximum atomic E-state index is 12.1. The van der Waals surface area contributed by atoms with Crippen LogP contribution in [0.3, 0.4) is 0 Å². The summed E-state index contributed by atoms with van der Waals surface area (Å²) in [5, 5.41) is 8.56. The van der Waals surface area contributed by atoms with Gasteiger partial charge >= 0.3 is 0 Å². The summed E-state index contributed by atoms with van der Waals surface area (Å²) in [5.41, 5.74) is 0.871. The van der Waals surface area contributed by atoms with Crippen molar-refractivity contribution in [2.75, 3.05) is 18.4 Å². The molecule has 0 saturated heterocycles. The molecule has 0 fully saturated rings. The Morgan fingerprint density at radius 3 is 2.95 bits per heavy atom. The molecule has 0 aliphatic carbocycles. The van der Waals surface area contributed by atoms with Crippen LogP contribution in [0.2, 0.25) is 0 Å². The number of hydrogen-bond donors (Lipinski definition) is 3. The van der Waals surface area contributed by atoms with Crippen LogP contribution in [0.5, 0.6) is 5.75 Å². The molecule has 1 aliphatic rings. The van der Waals surface area contributed by atoms with E-state index in [0.717, 1.165) is 12.1 Å². The standard InChI is InChI=1S/C15H21N3O3/c1-3-8-16-14(19)10(2)18-15(20)13-9-17-11-6-4-5-7-12(11)21-13/h4-7,10,13,17H,3,8-9H2,1-2H3,(H,16,19)(H,18,20). The predicted octanol–water partition coefficient (Wildman–Crippen LogP) is 0.890. The van der Waals surface area contributed by atoms with Crippen LogP contribution in [0.25, 0.3) is 0 Å². The largest absolute Gasteiger partial charge is 0.477 e. The van der Waals surface area contributed by atoms with Crippen LogP contribution in [-0.2, 0) is 9.59 Å². The quantitative estimate of drug-likeness (QED) is 0.753. The zero-order valence-electron chi connectivity index (χ0n) is 12.3. The summed E-state index contributed by atoms with van der Waals surface area (Å²) in [7, 11) is 0. The van der Waals surface area contributed by atoms with Crippen LogP contribution in [-0.4, -0.2) is 37.0 Å². The Hall–Kier alpha value is -2.24. The Balaban J connectivity index is 1.88. The average Bonchev–Trinajstić information content (AvgIpc) is 2.51. The lowest BCUT2D eigenvalue weighted by Gasteiger charge is -2.27. The molecule has 2 rings (SSSR count). The fraction of sp³-hybridized carbons (Fsp3) is 0.467. The van der Waals surface area contributed by atoms with Gasteiger partial charge in [-0.3, -0.25) is 9.59 Å². The number of anilines is 1. The summed E-state index contributed by atoms with van der Waals surface area (Å²) in [6.07, 6.45) is 0.222. The molecule has 21 heavy (non-hydrogen) atoms. The molecule has 0 aromatic heterocycles. The molecule has 1 aromatic rings. The van der Waals surface area contributed by atoms with Gasteiger partial charge in [-0.1, -0.05) is 19.1 Å². The van der Waals surface area contributed by atoms with E-state index in [-0.39, 0.29) is 11.8 Å². The number of nitrogens with one attached hydrogen (secondary N) is 3. The molecule has 1 heterocycles. The lowest BCUT2D eigenvalue weighted by Crippen LogP contribution is -2.51. The molecular formula is C15H21N3O3. The number of amides is 2. The fourth-order valence-corrected chi connectivity index (χ4v) is 2.03. The average molecular weight is 291 g/mol. The van der Waals surface area contributed by atoms with E-state index in [9.17, 15) is 9.59 Å². The minimum Gasteiger partial charge on any atom is -0.477 e. The molecule has 2 amide bonds. The minimum absolute atomic E-state index is 0.186. The van der Waals surface area contributed by atoms with E-state index in [1.54, 1.807) is 13.0 Å². The monoisotopic (exact) mass is 291 g/mol. The Bertz CT molecular complexity index is 519. The first-order valence-electron chi connectivity index (χ1n) is 7.19. The van der Waals surface area contributed by atoms with E-state index >= 15 is 0 Å². The topological polar surface area (TPSA) is 79.5 Å². The summed E-state index contributed by atoms with van der Waals surface area (Å²) < 4.78 is 5.65. The van der Waals surface area contributed by atoms with Crippen molar-refractivity contribution in [2.24, 2.45) is 0 Å². The summed E-state index contributed by atoms with van der Waals surface area (Å²) in [4.78, 5) is 23.9. The van der Waals surface area contributed by atoms with Crippen molar-refractivity contribution < 1.29 is 14.3 Å². The first-order chi connectivity index (χ1) is 10.1. The SMILES string of the molecule is CCCNC(=O)C(C)NC(=O)C1CNc2ccccc2O1. The van der Waals surface area contributed by atoms with Crippen molar-refractivity contribution >= 4 is 17.5 Å². The second-order valence-corrected chi connectivity index (χ2v) is 5.00. The summed E-state index contributed by atoms with van der Waals surface area (Å²) in [6.45, 7) is 4.62. The highest BCUT2D eigenvalue weighted by atomic mass is 16.5. The van der Waals surface area contributed by atoms with Gasteiger partial charge in [0.1, 0.15) is 11.8 Å². The van der Waals surface area contributed by atoms with Gasteiger partial charge in [-0.15, -0.1) is 0 Å². The molecule has 6 heteroatoms. The van der Waals surface area contributed by atoms with E-state index in [1.165, 1.54) is 0 Å². The Labute approximate surface area is 124 Å². The number of rotatable bonds is 5. The lowest BCUT2D eigenvalue weighted by molar-refractivity contribution is -0.132. The number of benzene rings is 1. The summed E-state index contributed by atoms with van der Waals surface area (Å²) >= 11 is 0. The van der Waals surface area contributed by atoms with Crippen molar-refractivity contribution in [1.29, 1.82) is 0 Å². The smallest absolute Gasteiger partial charge is 0.263 e. The third-order valence-electron chi connectivity index (χ3n) is 3.23. The molecule has 1 aromatic carbocycles. The maximum absolute atomic E-state index is 12.1. The molecule has 0 spiro atoms. The zero-order valence-corrected chi connectivity index (χ0v) is 12.3. The number of carbonyl (C=O) groups is 2. The van der Waals surface area contributed by atoms with Crippen molar-refractivity contribution in [3.8, 4) is 5.75 Å². The zero-order chi connectivity index (χ0) is 15.2. The van der Waals surface area contributed by atoms with Crippen molar-refractivity contribution in [1.82, 2.24) is 10.6 Å². The van der Waals surface area contributed by atoms with Crippen LogP contribution in [0.15, 0.2) is 24.3 Å². The molecule has 2 unspecified atom stereocenters. The molecule has 0 bridgehead atoms. The van der Waals surface area contributed by atoms with Crippen LogP contribution in [0.4, 0.5) is 5.69 Å². The summed E-state index contributed by atoms with van der Waals surface area (Å²) in [6, 6.07) is 6.87. The van der Waals surface area contributed by atoms with E-state index in [1.807, 2.05) is 25.1 Å². The number of hydrogen-bond acceptors (Lipinski definition) is 4. The summed E-state index contributed by atoms with van der Waals surface area (Å²) in [5.74, 6) is 0.164. The van der Waals surface area contributed by atoms with Crippen molar-refractivity contribution in [3.63, 3.8) is 0 Å². The van der Waals surface area contributed by atoms with Gasteiger partial charge in [-0.2, -0.15) is 0 Å². The maximum Gasteiger partial charge on any atom is 0.263 e. The number of fused-ring (bicyclic) bond motifs is 1. The first kappa shape index (κ1) is 15.2. The molecule has 114 valence electrons. The Kier molecular flexibility index (Phi) is 5.03. The van der Waals surface area contributed by atoms with Crippen LogP contribution in [0, 0.1) is 0 Å². The van der Waals surface area contributed by atoms with Gasteiger partial charge < -0.3 is 20.7 Å². The van der Waals surface area contributed by atoms with Crippen LogP contribution < -0.4 is 20.7 Å². The van der Waals surface area contributed by atoms with Gasteiger partial charge in [0.15, 0.2) is 6.10 Å². The molecule has 3 N–H and O–H groups in total. The Morgan fingerprint density at radius 2 is 2.19 bits per heavy atom. The fourth-order valence-electron chi connectivity index (χ4n) is 2.03. The molecule has 1 aliphatic heterocycles. The molecule has 0 radical (unpaired) electrons. The van der Waals surface area contributed by atoms with Crippen molar-refractivity contribution in [3.05, 3.63) is 24.3 Å². The highest BCUT2D eigenvalue weighted by Crippen LogP contribution is 2.28. The number of carbonyl (C=O) groups excluding carboxylic acids is 2. The Morgan fingerprint density at radius 1 is 1.43 bits per heavy atom. The van der Waals surface area contributed by atoms with Gasteiger partial charge in [0.2, 0.25) is 5.91 Å². The van der Waals surface area contributed by atoms with Gasteiger partial charge in [-0.25, -0.2) is 0 Å². The predicted molar refractivity (Wildman–Crippen MR) is 80.3 cm³/mol. The van der Waals surface area contributed by atoms with Gasteiger partial charge in [0, 0.05) is 6.54 Å². The van der Waals surface area contributed by atoms with Crippen molar-refractivity contribution in [2.45, 2.75) is 32.4 Å². The van der Waals surface area contributed by atoms with E-state index in [4.69, 9.17) is 4.74 Å². The molecular weight excluding hydrogens is 270 g/mol. The second-order valence-electron chi connectivity index (χ2n) is 5.00. The highest BCUT2D eigenvalue weighted by molar-refractivity contribution is 5.89. The second kappa shape index (κ2) is 6.97. The van der Waals surface area contributed by atoms with Gasteiger partial charge in [0.05, 0.1) is 12.2 Å². The molecule has 6 nitrogen and oxygen atoms in total. The first-order valence-corrected chi connectivity index (χ1v) is 7.19. The van der Waals surface area contributed by atoms with E-state index in [0.29, 0.717) is 18.8 Å². The van der Waals surface area contributed by atoms with Crippen LogP contribution >= 0.6 is 0 Å². The van der Waals surface area contributed by atoms with Crippen LogP contribution in [0.1, 0.15) is 20.3 Å². The van der Waals surface area contributed by atoms with E-state index < -0.39 is 12.1 Å². The number of ether oxygens (including phenoxy) is 1. The number of para-hydroxylation sites is 2.